The molecule has 3 N–H and O–H groups in total. The minimum atomic E-state index is -0.438. The molecule has 1 saturated carbocycles. The summed E-state index contributed by atoms with van der Waals surface area (Å²) in [5.41, 5.74) is 8.38. The number of methoxy groups -OCH3 is 1. The zero-order valence-corrected chi connectivity index (χ0v) is 11.9. The molecule has 2 atom stereocenters. The fourth-order valence-corrected chi connectivity index (χ4v) is 3.10. The number of hydrogen-bond donors (Lipinski definition) is 2. The smallest absolute Gasteiger partial charge is 0.119 e. The number of nitrogens with two attached hydrogens (primary N) is 1. The molecule has 2 rings (SSSR count). The van der Waals surface area contributed by atoms with Gasteiger partial charge in [-0.05, 0) is 48.9 Å². The molecule has 0 amide bonds. The average Bonchev–Trinajstić information content (AvgIpc) is 2.46. The van der Waals surface area contributed by atoms with Gasteiger partial charge in [0.1, 0.15) is 5.75 Å². The van der Waals surface area contributed by atoms with Crippen LogP contribution < -0.4 is 10.5 Å². The van der Waals surface area contributed by atoms with Gasteiger partial charge in [-0.3, -0.25) is 0 Å². The zero-order valence-electron chi connectivity index (χ0n) is 11.9. The van der Waals surface area contributed by atoms with Crippen molar-refractivity contribution in [3.63, 3.8) is 0 Å². The Morgan fingerprint density at radius 3 is 2.53 bits per heavy atom. The van der Waals surface area contributed by atoms with Crippen LogP contribution in [0.1, 0.15) is 49.3 Å². The second-order valence-corrected chi connectivity index (χ2v) is 5.64. The predicted octanol–water partition coefficient (Wildman–Crippen LogP) is 2.94. The van der Waals surface area contributed by atoms with Crippen LogP contribution in [0, 0.1) is 12.8 Å². The zero-order chi connectivity index (χ0) is 13.8. The Hall–Kier alpha value is -1.06. The number of aliphatic hydroxyl groups excluding tert-OH is 1. The van der Waals surface area contributed by atoms with Gasteiger partial charge < -0.3 is 15.6 Å². The first-order valence-electron chi connectivity index (χ1n) is 7.21. The van der Waals surface area contributed by atoms with Crippen molar-refractivity contribution in [2.24, 2.45) is 11.7 Å². The topological polar surface area (TPSA) is 55.5 Å². The van der Waals surface area contributed by atoms with E-state index in [9.17, 15) is 5.11 Å². The summed E-state index contributed by atoms with van der Waals surface area (Å²) in [5.74, 6) is 1.19. The summed E-state index contributed by atoms with van der Waals surface area (Å²) in [4.78, 5) is 0. The van der Waals surface area contributed by atoms with Crippen LogP contribution in [0.25, 0.3) is 0 Å². The largest absolute Gasteiger partial charge is 0.497 e. The molecular weight excluding hydrogens is 238 g/mol. The van der Waals surface area contributed by atoms with E-state index in [1.54, 1.807) is 7.11 Å². The van der Waals surface area contributed by atoms with Crippen LogP contribution in [0.15, 0.2) is 18.2 Å². The molecule has 3 heteroatoms. The Labute approximate surface area is 115 Å². The van der Waals surface area contributed by atoms with Gasteiger partial charge in [0.25, 0.3) is 0 Å². The molecule has 0 saturated heterocycles. The average molecular weight is 263 g/mol. The molecular formula is C16H25NO2. The predicted molar refractivity (Wildman–Crippen MR) is 77.2 cm³/mol. The summed E-state index contributed by atoms with van der Waals surface area (Å²) in [6.07, 6.45) is 5.49. The molecule has 0 aliphatic heterocycles. The van der Waals surface area contributed by atoms with Crippen molar-refractivity contribution in [2.45, 2.75) is 51.2 Å². The van der Waals surface area contributed by atoms with E-state index in [1.165, 1.54) is 19.3 Å². The second-order valence-electron chi connectivity index (χ2n) is 5.64. The van der Waals surface area contributed by atoms with Gasteiger partial charge in [0, 0.05) is 0 Å². The fourth-order valence-electron chi connectivity index (χ4n) is 3.10. The van der Waals surface area contributed by atoms with Crippen molar-refractivity contribution in [1.82, 2.24) is 0 Å². The van der Waals surface area contributed by atoms with Gasteiger partial charge in [-0.15, -0.1) is 0 Å². The van der Waals surface area contributed by atoms with E-state index in [0.717, 1.165) is 29.7 Å². The highest BCUT2D eigenvalue weighted by Gasteiger charge is 2.28. The first-order chi connectivity index (χ1) is 9.13. The Morgan fingerprint density at radius 2 is 1.95 bits per heavy atom. The van der Waals surface area contributed by atoms with Crippen LogP contribution in [0.4, 0.5) is 0 Å². The number of aryl methyl sites for hydroxylation is 1. The lowest BCUT2D eigenvalue weighted by Gasteiger charge is -2.31. The normalized spacial score (nSPS) is 20.0. The summed E-state index contributed by atoms with van der Waals surface area (Å²) in [6, 6.07) is 5.57. The molecule has 106 valence electrons. The van der Waals surface area contributed by atoms with Crippen molar-refractivity contribution in [3.8, 4) is 5.75 Å². The standard InChI is InChI=1S/C16H25NO2/c1-11-10-13(19-2)8-9-14(11)15(17)16(18)12-6-4-3-5-7-12/h8-10,12,15-16,18H,3-7,17H2,1-2H3/t15-,16+/m0/s1. The molecule has 0 unspecified atom stereocenters. The van der Waals surface area contributed by atoms with Crippen LogP contribution in [0.5, 0.6) is 5.75 Å². The number of aliphatic hydroxyl groups is 1. The van der Waals surface area contributed by atoms with E-state index in [-0.39, 0.29) is 6.04 Å². The molecule has 0 aromatic heterocycles. The van der Waals surface area contributed by atoms with E-state index in [4.69, 9.17) is 10.5 Å². The van der Waals surface area contributed by atoms with Crippen LogP contribution in [-0.4, -0.2) is 18.3 Å². The molecule has 1 fully saturated rings. The van der Waals surface area contributed by atoms with Gasteiger partial charge in [0.2, 0.25) is 0 Å². The molecule has 19 heavy (non-hydrogen) atoms. The van der Waals surface area contributed by atoms with Crippen LogP contribution >= 0.6 is 0 Å². The first kappa shape index (κ1) is 14.4. The molecule has 0 spiro atoms. The maximum atomic E-state index is 10.5. The summed E-state index contributed by atoms with van der Waals surface area (Å²) in [7, 11) is 1.66. The Morgan fingerprint density at radius 1 is 1.26 bits per heavy atom. The lowest BCUT2D eigenvalue weighted by atomic mass is 9.81. The summed E-state index contributed by atoms with van der Waals surface area (Å²) in [6.45, 7) is 2.02. The Bertz CT molecular complexity index is 413. The number of rotatable bonds is 4. The van der Waals surface area contributed by atoms with Crippen LogP contribution in [0.2, 0.25) is 0 Å². The molecule has 0 radical (unpaired) electrons. The monoisotopic (exact) mass is 263 g/mol. The lowest BCUT2D eigenvalue weighted by molar-refractivity contribution is 0.0616. The molecule has 1 aliphatic carbocycles. The highest BCUT2D eigenvalue weighted by atomic mass is 16.5. The van der Waals surface area contributed by atoms with E-state index < -0.39 is 6.10 Å². The van der Waals surface area contributed by atoms with Gasteiger partial charge in [-0.2, -0.15) is 0 Å². The van der Waals surface area contributed by atoms with E-state index >= 15 is 0 Å². The highest BCUT2D eigenvalue weighted by molar-refractivity contribution is 5.37. The Kier molecular flexibility index (Phi) is 4.83. The number of ether oxygens (including phenoxy) is 1. The summed E-state index contributed by atoms with van der Waals surface area (Å²) < 4.78 is 5.20. The van der Waals surface area contributed by atoms with E-state index in [0.29, 0.717) is 5.92 Å². The third-order valence-electron chi connectivity index (χ3n) is 4.34. The SMILES string of the molecule is COc1ccc([C@H](N)[C@H](O)C2CCCCC2)c(C)c1. The third-order valence-corrected chi connectivity index (χ3v) is 4.34. The number of benzene rings is 1. The maximum absolute atomic E-state index is 10.5. The van der Waals surface area contributed by atoms with Gasteiger partial charge in [0.15, 0.2) is 0 Å². The minimum absolute atomic E-state index is 0.297. The van der Waals surface area contributed by atoms with Crippen molar-refractivity contribution < 1.29 is 9.84 Å². The van der Waals surface area contributed by atoms with Gasteiger partial charge >= 0.3 is 0 Å². The molecule has 1 aromatic carbocycles. The Balaban J connectivity index is 2.11. The van der Waals surface area contributed by atoms with Gasteiger partial charge in [0.05, 0.1) is 19.3 Å². The summed E-state index contributed by atoms with van der Waals surface area (Å²) in [5, 5.41) is 10.5. The molecule has 1 aromatic rings. The number of hydrogen-bond acceptors (Lipinski definition) is 3. The maximum Gasteiger partial charge on any atom is 0.119 e. The van der Waals surface area contributed by atoms with Gasteiger partial charge in [-0.1, -0.05) is 25.3 Å². The summed E-state index contributed by atoms with van der Waals surface area (Å²) >= 11 is 0. The fraction of sp³-hybridized carbons (Fsp3) is 0.625. The third kappa shape index (κ3) is 3.28. The molecule has 3 nitrogen and oxygen atoms in total. The van der Waals surface area contributed by atoms with Crippen LogP contribution in [0.3, 0.4) is 0 Å². The molecule has 0 heterocycles. The van der Waals surface area contributed by atoms with Crippen molar-refractivity contribution in [1.29, 1.82) is 0 Å². The first-order valence-corrected chi connectivity index (χ1v) is 7.21. The van der Waals surface area contributed by atoms with Gasteiger partial charge in [-0.25, -0.2) is 0 Å². The van der Waals surface area contributed by atoms with Crippen LogP contribution in [-0.2, 0) is 0 Å². The van der Waals surface area contributed by atoms with Crippen molar-refractivity contribution >= 4 is 0 Å². The minimum Gasteiger partial charge on any atom is -0.497 e. The van der Waals surface area contributed by atoms with E-state index in [2.05, 4.69) is 0 Å². The van der Waals surface area contributed by atoms with Crippen molar-refractivity contribution in [2.75, 3.05) is 7.11 Å². The van der Waals surface area contributed by atoms with E-state index in [1.807, 2.05) is 25.1 Å². The molecule has 1 aliphatic rings. The quantitative estimate of drug-likeness (QED) is 0.878. The molecule has 0 bridgehead atoms. The highest BCUT2D eigenvalue weighted by Crippen LogP contribution is 2.32. The second kappa shape index (κ2) is 6.40. The van der Waals surface area contributed by atoms with Crippen molar-refractivity contribution in [3.05, 3.63) is 29.3 Å². The lowest BCUT2D eigenvalue weighted by Crippen LogP contribution is -2.34.